The van der Waals surface area contributed by atoms with Gasteiger partial charge in [-0.3, -0.25) is 0 Å². The zero-order chi connectivity index (χ0) is 12.1. The van der Waals surface area contributed by atoms with Crippen LogP contribution in [0.4, 0.5) is 5.69 Å². The summed E-state index contributed by atoms with van der Waals surface area (Å²) >= 11 is 0. The molecule has 0 saturated carbocycles. The van der Waals surface area contributed by atoms with Crippen LogP contribution < -0.4 is 4.90 Å². The Morgan fingerprint density at radius 3 is 2.35 bits per heavy atom. The SMILES string of the molecule is CCCC1CCN(c2ccc(CO)cc2)CC1. The minimum absolute atomic E-state index is 0.138. The van der Waals surface area contributed by atoms with Crippen molar-refractivity contribution in [2.75, 3.05) is 18.0 Å². The number of aliphatic hydroxyl groups excluding tert-OH is 1. The quantitative estimate of drug-likeness (QED) is 0.863. The summed E-state index contributed by atoms with van der Waals surface area (Å²) in [5.74, 6) is 0.938. The first kappa shape index (κ1) is 12.4. The molecule has 1 aromatic rings. The minimum Gasteiger partial charge on any atom is -0.392 e. The normalized spacial score (nSPS) is 17.4. The van der Waals surface area contributed by atoms with Crippen LogP contribution in [0.1, 0.15) is 38.2 Å². The number of nitrogens with zero attached hydrogens (tertiary/aromatic N) is 1. The van der Waals surface area contributed by atoms with Gasteiger partial charge in [0.05, 0.1) is 6.61 Å². The predicted molar refractivity (Wildman–Crippen MR) is 72.2 cm³/mol. The minimum atomic E-state index is 0.138. The molecule has 0 aliphatic carbocycles. The van der Waals surface area contributed by atoms with Crippen LogP contribution in [-0.2, 0) is 6.61 Å². The maximum absolute atomic E-state index is 9.02. The second kappa shape index (κ2) is 6.06. The molecule has 0 spiro atoms. The molecule has 2 heteroatoms. The van der Waals surface area contributed by atoms with E-state index in [2.05, 4.69) is 24.0 Å². The Balaban J connectivity index is 1.91. The first-order valence-corrected chi connectivity index (χ1v) is 6.78. The van der Waals surface area contributed by atoms with Crippen LogP contribution in [0.5, 0.6) is 0 Å². The summed E-state index contributed by atoms with van der Waals surface area (Å²) in [6, 6.07) is 8.30. The van der Waals surface area contributed by atoms with E-state index in [0.29, 0.717) is 0 Å². The standard InChI is InChI=1S/C15H23NO/c1-2-3-13-8-10-16(11-9-13)15-6-4-14(12-17)5-7-15/h4-7,13,17H,2-3,8-12H2,1H3. The van der Waals surface area contributed by atoms with Gasteiger partial charge >= 0.3 is 0 Å². The van der Waals surface area contributed by atoms with E-state index in [1.807, 2.05) is 12.1 Å². The second-order valence-corrected chi connectivity index (χ2v) is 5.04. The zero-order valence-corrected chi connectivity index (χ0v) is 10.7. The number of rotatable bonds is 4. The van der Waals surface area contributed by atoms with Crippen molar-refractivity contribution in [3.05, 3.63) is 29.8 Å². The monoisotopic (exact) mass is 233 g/mol. The number of hydrogen-bond acceptors (Lipinski definition) is 2. The number of anilines is 1. The topological polar surface area (TPSA) is 23.5 Å². The Bertz CT molecular complexity index is 325. The van der Waals surface area contributed by atoms with Crippen molar-refractivity contribution < 1.29 is 5.11 Å². The van der Waals surface area contributed by atoms with E-state index in [1.165, 1.54) is 44.5 Å². The van der Waals surface area contributed by atoms with Crippen LogP contribution in [0.2, 0.25) is 0 Å². The molecule has 1 aliphatic heterocycles. The molecule has 0 bridgehead atoms. The Morgan fingerprint density at radius 2 is 1.82 bits per heavy atom. The van der Waals surface area contributed by atoms with Crippen LogP contribution >= 0.6 is 0 Å². The molecule has 0 unspecified atom stereocenters. The lowest BCUT2D eigenvalue weighted by Crippen LogP contribution is -2.33. The van der Waals surface area contributed by atoms with Crippen molar-refractivity contribution in [3.8, 4) is 0 Å². The fraction of sp³-hybridized carbons (Fsp3) is 0.600. The summed E-state index contributed by atoms with van der Waals surface area (Å²) in [5.41, 5.74) is 2.30. The van der Waals surface area contributed by atoms with Crippen molar-refractivity contribution in [1.82, 2.24) is 0 Å². The molecule has 0 atom stereocenters. The first-order valence-electron chi connectivity index (χ1n) is 6.78. The largest absolute Gasteiger partial charge is 0.392 e. The average molecular weight is 233 g/mol. The van der Waals surface area contributed by atoms with Gasteiger partial charge in [-0.05, 0) is 36.5 Å². The van der Waals surface area contributed by atoms with Gasteiger partial charge in [0.2, 0.25) is 0 Å². The third kappa shape index (κ3) is 3.22. The molecule has 1 aliphatic rings. The van der Waals surface area contributed by atoms with Crippen LogP contribution in [0.15, 0.2) is 24.3 Å². The smallest absolute Gasteiger partial charge is 0.0681 e. The highest BCUT2D eigenvalue weighted by Gasteiger charge is 2.18. The lowest BCUT2D eigenvalue weighted by atomic mass is 9.92. The summed E-state index contributed by atoms with van der Waals surface area (Å²) in [6.07, 6.45) is 5.36. The van der Waals surface area contributed by atoms with Gasteiger partial charge in [0.25, 0.3) is 0 Å². The van der Waals surface area contributed by atoms with Crippen LogP contribution in [0.3, 0.4) is 0 Å². The molecule has 17 heavy (non-hydrogen) atoms. The van der Waals surface area contributed by atoms with Gasteiger partial charge in [0.1, 0.15) is 0 Å². The van der Waals surface area contributed by atoms with Gasteiger partial charge in [0, 0.05) is 18.8 Å². The molecule has 0 aromatic heterocycles. The summed E-state index contributed by atoms with van der Waals surface area (Å²) in [6.45, 7) is 4.78. The van der Waals surface area contributed by atoms with Crippen LogP contribution in [0, 0.1) is 5.92 Å². The van der Waals surface area contributed by atoms with Crippen molar-refractivity contribution in [1.29, 1.82) is 0 Å². The molecule has 1 saturated heterocycles. The van der Waals surface area contributed by atoms with Gasteiger partial charge in [0.15, 0.2) is 0 Å². The van der Waals surface area contributed by atoms with E-state index in [1.54, 1.807) is 0 Å². The third-order valence-corrected chi connectivity index (χ3v) is 3.80. The van der Waals surface area contributed by atoms with Gasteiger partial charge in [-0.25, -0.2) is 0 Å². The van der Waals surface area contributed by atoms with Crippen LogP contribution in [0.25, 0.3) is 0 Å². The zero-order valence-electron chi connectivity index (χ0n) is 10.7. The Morgan fingerprint density at radius 1 is 1.18 bits per heavy atom. The van der Waals surface area contributed by atoms with Gasteiger partial charge in [-0.2, -0.15) is 0 Å². The third-order valence-electron chi connectivity index (χ3n) is 3.80. The van der Waals surface area contributed by atoms with E-state index in [-0.39, 0.29) is 6.61 Å². The molecular formula is C15H23NO. The summed E-state index contributed by atoms with van der Waals surface area (Å²) in [5, 5.41) is 9.02. The van der Waals surface area contributed by atoms with Crippen LogP contribution in [-0.4, -0.2) is 18.2 Å². The summed E-state index contributed by atoms with van der Waals surface area (Å²) < 4.78 is 0. The molecule has 2 nitrogen and oxygen atoms in total. The molecule has 1 N–H and O–H groups in total. The summed E-state index contributed by atoms with van der Waals surface area (Å²) in [4.78, 5) is 2.47. The van der Waals surface area contributed by atoms with Crippen molar-refractivity contribution >= 4 is 5.69 Å². The van der Waals surface area contributed by atoms with E-state index in [9.17, 15) is 0 Å². The highest BCUT2D eigenvalue weighted by atomic mass is 16.3. The van der Waals surface area contributed by atoms with Gasteiger partial charge in [-0.15, -0.1) is 0 Å². The van der Waals surface area contributed by atoms with E-state index < -0.39 is 0 Å². The van der Waals surface area contributed by atoms with Crippen molar-refractivity contribution in [3.63, 3.8) is 0 Å². The fourth-order valence-electron chi connectivity index (χ4n) is 2.70. The molecule has 0 radical (unpaired) electrons. The molecule has 2 rings (SSSR count). The second-order valence-electron chi connectivity index (χ2n) is 5.04. The van der Waals surface area contributed by atoms with E-state index in [4.69, 9.17) is 5.11 Å². The van der Waals surface area contributed by atoms with E-state index in [0.717, 1.165) is 11.5 Å². The molecule has 94 valence electrons. The maximum atomic E-state index is 9.02. The highest BCUT2D eigenvalue weighted by Crippen LogP contribution is 2.26. The van der Waals surface area contributed by atoms with Crippen molar-refractivity contribution in [2.24, 2.45) is 5.92 Å². The van der Waals surface area contributed by atoms with Crippen molar-refractivity contribution in [2.45, 2.75) is 39.2 Å². The first-order chi connectivity index (χ1) is 8.33. The van der Waals surface area contributed by atoms with Gasteiger partial charge in [-0.1, -0.05) is 31.9 Å². The molecule has 1 aromatic carbocycles. The predicted octanol–water partition coefficient (Wildman–Crippen LogP) is 3.20. The Hall–Kier alpha value is -1.02. The maximum Gasteiger partial charge on any atom is 0.0681 e. The number of aliphatic hydroxyl groups is 1. The lowest BCUT2D eigenvalue weighted by molar-refractivity contribution is 0.282. The number of hydrogen-bond donors (Lipinski definition) is 1. The molecular weight excluding hydrogens is 210 g/mol. The molecule has 0 amide bonds. The Labute approximate surface area is 104 Å². The number of piperidine rings is 1. The fourth-order valence-corrected chi connectivity index (χ4v) is 2.70. The van der Waals surface area contributed by atoms with Gasteiger partial charge < -0.3 is 10.0 Å². The lowest BCUT2D eigenvalue weighted by Gasteiger charge is -2.33. The number of benzene rings is 1. The highest BCUT2D eigenvalue weighted by molar-refractivity contribution is 5.47. The molecule has 1 heterocycles. The Kier molecular flexibility index (Phi) is 4.43. The average Bonchev–Trinajstić information content (AvgIpc) is 2.40. The summed E-state index contributed by atoms with van der Waals surface area (Å²) in [7, 11) is 0. The molecule has 1 fully saturated rings. The van der Waals surface area contributed by atoms with E-state index >= 15 is 0 Å².